The standard InChI is InChI=1S/C21H31N3O2S/c1-4-18-20(26)24(21(27-18)17-9-7-6-8-16(17)3)15-12-22-10-13-23(14-11-22)19(25)5-2/h6-9,18,21H,4-5,10-15H2,1-3H3/p+1/t18-,21+/m1/s1. The smallest absolute Gasteiger partial charge is 0.237 e. The van der Waals surface area contributed by atoms with Gasteiger partial charge >= 0.3 is 0 Å². The summed E-state index contributed by atoms with van der Waals surface area (Å²) >= 11 is 1.80. The van der Waals surface area contributed by atoms with Gasteiger partial charge in [0.2, 0.25) is 11.8 Å². The molecule has 2 atom stereocenters. The van der Waals surface area contributed by atoms with Crippen LogP contribution in [0.25, 0.3) is 0 Å². The van der Waals surface area contributed by atoms with E-state index in [4.69, 9.17) is 0 Å². The summed E-state index contributed by atoms with van der Waals surface area (Å²) < 4.78 is 0. The van der Waals surface area contributed by atoms with Gasteiger partial charge in [-0.3, -0.25) is 9.59 Å². The van der Waals surface area contributed by atoms with Gasteiger partial charge in [0.1, 0.15) is 5.37 Å². The molecule has 0 unspecified atom stereocenters. The van der Waals surface area contributed by atoms with Crippen LogP contribution in [0.4, 0.5) is 0 Å². The van der Waals surface area contributed by atoms with Crippen molar-refractivity contribution >= 4 is 23.6 Å². The molecule has 3 rings (SSSR count). The normalized spacial score (nSPS) is 23.9. The number of piperazine rings is 1. The Hall–Kier alpha value is -1.53. The Labute approximate surface area is 167 Å². The van der Waals surface area contributed by atoms with Crippen molar-refractivity contribution in [2.45, 2.75) is 44.2 Å². The van der Waals surface area contributed by atoms with Crippen LogP contribution in [0.15, 0.2) is 24.3 Å². The highest BCUT2D eigenvalue weighted by molar-refractivity contribution is 8.01. The first kappa shape index (κ1) is 20.2. The fourth-order valence-corrected chi connectivity index (χ4v) is 5.54. The predicted molar refractivity (Wildman–Crippen MR) is 110 cm³/mol. The molecule has 1 aromatic carbocycles. The lowest BCUT2D eigenvalue weighted by atomic mass is 10.1. The van der Waals surface area contributed by atoms with E-state index >= 15 is 0 Å². The molecule has 0 bridgehead atoms. The van der Waals surface area contributed by atoms with Crippen molar-refractivity contribution in [1.82, 2.24) is 9.80 Å². The second-order valence-electron chi connectivity index (χ2n) is 7.51. The molecule has 2 fully saturated rings. The summed E-state index contributed by atoms with van der Waals surface area (Å²) in [5.41, 5.74) is 2.52. The van der Waals surface area contributed by atoms with Gasteiger partial charge < -0.3 is 14.7 Å². The third kappa shape index (κ3) is 4.49. The zero-order valence-electron chi connectivity index (χ0n) is 16.7. The second kappa shape index (κ2) is 9.11. The average Bonchev–Trinajstić information content (AvgIpc) is 3.02. The van der Waals surface area contributed by atoms with E-state index in [2.05, 4.69) is 43.0 Å². The number of benzene rings is 1. The van der Waals surface area contributed by atoms with E-state index in [1.165, 1.54) is 16.0 Å². The minimum atomic E-state index is 0.0728. The minimum absolute atomic E-state index is 0.0728. The van der Waals surface area contributed by atoms with E-state index in [9.17, 15) is 9.59 Å². The van der Waals surface area contributed by atoms with Gasteiger partial charge in [0.05, 0.1) is 44.5 Å². The van der Waals surface area contributed by atoms with Crippen LogP contribution >= 0.6 is 11.8 Å². The largest absolute Gasteiger partial charge is 0.331 e. The monoisotopic (exact) mass is 390 g/mol. The molecule has 1 N–H and O–H groups in total. The number of thioether (sulfide) groups is 1. The van der Waals surface area contributed by atoms with E-state index < -0.39 is 0 Å². The Balaban J connectivity index is 1.63. The van der Waals surface area contributed by atoms with E-state index in [0.717, 1.165) is 45.7 Å². The highest BCUT2D eigenvalue weighted by Crippen LogP contribution is 2.44. The third-order valence-corrected chi connectivity index (χ3v) is 7.42. The number of hydrogen-bond acceptors (Lipinski definition) is 3. The molecule has 148 valence electrons. The Morgan fingerprint density at radius 2 is 1.93 bits per heavy atom. The number of hydrogen-bond donors (Lipinski definition) is 1. The highest BCUT2D eigenvalue weighted by Gasteiger charge is 2.40. The van der Waals surface area contributed by atoms with E-state index in [1.807, 2.05) is 11.8 Å². The van der Waals surface area contributed by atoms with Crippen molar-refractivity contribution in [3.8, 4) is 0 Å². The molecular weight excluding hydrogens is 358 g/mol. The number of aryl methyl sites for hydroxylation is 1. The quantitative estimate of drug-likeness (QED) is 0.800. The molecule has 2 amide bonds. The topological polar surface area (TPSA) is 45.1 Å². The van der Waals surface area contributed by atoms with Crippen LogP contribution in [0.3, 0.4) is 0 Å². The second-order valence-corrected chi connectivity index (χ2v) is 8.80. The van der Waals surface area contributed by atoms with Crippen LogP contribution < -0.4 is 4.90 Å². The van der Waals surface area contributed by atoms with Crippen molar-refractivity contribution in [3.05, 3.63) is 35.4 Å². The number of carbonyl (C=O) groups excluding carboxylic acids is 2. The van der Waals surface area contributed by atoms with E-state index in [-0.39, 0.29) is 22.4 Å². The van der Waals surface area contributed by atoms with Gasteiger partial charge in [0.25, 0.3) is 0 Å². The molecule has 0 aliphatic carbocycles. The van der Waals surface area contributed by atoms with E-state index in [0.29, 0.717) is 6.42 Å². The van der Waals surface area contributed by atoms with Crippen LogP contribution in [-0.2, 0) is 9.59 Å². The minimum Gasteiger partial charge on any atom is -0.331 e. The first-order valence-electron chi connectivity index (χ1n) is 10.2. The molecule has 2 aliphatic heterocycles. The summed E-state index contributed by atoms with van der Waals surface area (Å²) in [6, 6.07) is 8.42. The Kier molecular flexibility index (Phi) is 6.82. The van der Waals surface area contributed by atoms with Crippen LogP contribution in [0, 0.1) is 6.92 Å². The Morgan fingerprint density at radius 3 is 2.56 bits per heavy atom. The van der Waals surface area contributed by atoms with Gasteiger partial charge in [0, 0.05) is 6.42 Å². The zero-order chi connectivity index (χ0) is 19.4. The molecule has 0 spiro atoms. The molecule has 1 aromatic rings. The van der Waals surface area contributed by atoms with Gasteiger partial charge in [0.15, 0.2) is 0 Å². The lowest BCUT2D eigenvalue weighted by Crippen LogP contribution is -3.15. The van der Waals surface area contributed by atoms with Crippen LogP contribution in [0.1, 0.15) is 43.2 Å². The fourth-order valence-electron chi connectivity index (χ4n) is 4.02. The summed E-state index contributed by atoms with van der Waals surface area (Å²) in [5, 5.41) is 0.203. The van der Waals surface area contributed by atoms with E-state index in [1.54, 1.807) is 11.8 Å². The number of quaternary nitrogens is 1. The summed E-state index contributed by atoms with van der Waals surface area (Å²) in [4.78, 5) is 30.3. The molecule has 0 saturated carbocycles. The van der Waals surface area contributed by atoms with Crippen LogP contribution in [0.5, 0.6) is 0 Å². The van der Waals surface area contributed by atoms with Gasteiger partial charge in [-0.2, -0.15) is 0 Å². The maximum absolute atomic E-state index is 12.9. The van der Waals surface area contributed by atoms with Gasteiger partial charge in [-0.1, -0.05) is 38.1 Å². The van der Waals surface area contributed by atoms with Crippen LogP contribution in [0.2, 0.25) is 0 Å². The zero-order valence-corrected chi connectivity index (χ0v) is 17.6. The predicted octanol–water partition coefficient (Wildman–Crippen LogP) is 1.48. The molecule has 27 heavy (non-hydrogen) atoms. The van der Waals surface area contributed by atoms with Crippen molar-refractivity contribution in [3.63, 3.8) is 0 Å². The van der Waals surface area contributed by atoms with Crippen molar-refractivity contribution < 1.29 is 14.5 Å². The summed E-state index contributed by atoms with van der Waals surface area (Å²) in [6.45, 7) is 11.5. The SMILES string of the molecule is CCC(=O)N1CC[NH+](CCN2C(=O)[C@@H](CC)S[C@H]2c2ccccc2C)CC1. The van der Waals surface area contributed by atoms with Gasteiger partial charge in [-0.25, -0.2) is 0 Å². The lowest BCUT2D eigenvalue weighted by molar-refractivity contribution is -0.903. The first-order chi connectivity index (χ1) is 13.0. The molecule has 0 aromatic heterocycles. The lowest BCUT2D eigenvalue weighted by Gasteiger charge is -2.33. The molecular formula is C21H32N3O2S+. The summed E-state index contributed by atoms with van der Waals surface area (Å²) in [5.74, 6) is 0.542. The van der Waals surface area contributed by atoms with Crippen LogP contribution in [-0.4, -0.2) is 66.1 Å². The first-order valence-corrected chi connectivity index (χ1v) is 11.1. The Morgan fingerprint density at radius 1 is 1.22 bits per heavy atom. The number of carbonyl (C=O) groups is 2. The average molecular weight is 391 g/mol. The molecule has 2 heterocycles. The fraction of sp³-hybridized carbons (Fsp3) is 0.619. The molecule has 6 heteroatoms. The maximum atomic E-state index is 12.9. The maximum Gasteiger partial charge on any atom is 0.237 e. The van der Waals surface area contributed by atoms with Gasteiger partial charge in [-0.05, 0) is 24.5 Å². The summed E-state index contributed by atoms with van der Waals surface area (Å²) in [7, 11) is 0. The molecule has 0 radical (unpaired) electrons. The van der Waals surface area contributed by atoms with Crippen molar-refractivity contribution in [2.24, 2.45) is 0 Å². The summed E-state index contributed by atoms with van der Waals surface area (Å²) in [6.07, 6.45) is 1.47. The molecule has 2 saturated heterocycles. The van der Waals surface area contributed by atoms with Crippen molar-refractivity contribution in [2.75, 3.05) is 39.3 Å². The number of nitrogens with one attached hydrogen (secondary N) is 1. The number of nitrogens with zero attached hydrogens (tertiary/aromatic N) is 2. The number of rotatable bonds is 6. The third-order valence-electron chi connectivity index (χ3n) is 5.79. The number of amides is 2. The van der Waals surface area contributed by atoms with Crippen molar-refractivity contribution in [1.29, 1.82) is 0 Å². The highest BCUT2D eigenvalue weighted by atomic mass is 32.2. The molecule has 5 nitrogen and oxygen atoms in total. The molecule has 2 aliphatic rings. The Bertz CT molecular complexity index is 673. The van der Waals surface area contributed by atoms with Gasteiger partial charge in [-0.15, -0.1) is 11.8 Å².